The molecule has 240 valence electrons. The quantitative estimate of drug-likeness (QED) is 0.229. The second-order valence-electron chi connectivity index (χ2n) is 11.9. The first-order chi connectivity index (χ1) is 19.9. The molecule has 2 aromatic rings. The predicted octanol–water partition coefficient (Wildman–Crippen LogP) is 1.95. The molecule has 1 aliphatic heterocycles. The number of hydrogen-bond acceptors (Lipinski definition) is 9. The van der Waals surface area contributed by atoms with Crippen molar-refractivity contribution >= 4 is 41.5 Å². The number of carbonyl (C=O) groups is 3. The molecular formula is C30H47ClN6O5S. The number of nitrogens with zero attached hydrogens (tertiary/aromatic N) is 3. The van der Waals surface area contributed by atoms with Gasteiger partial charge in [0.2, 0.25) is 17.7 Å². The lowest BCUT2D eigenvalue weighted by Gasteiger charge is -2.35. The van der Waals surface area contributed by atoms with E-state index < -0.39 is 23.6 Å². The zero-order chi connectivity index (χ0) is 30.9. The summed E-state index contributed by atoms with van der Waals surface area (Å²) in [6, 6.07) is 6.23. The molecule has 0 spiro atoms. The first-order valence-electron chi connectivity index (χ1n) is 14.4. The lowest BCUT2D eigenvalue weighted by molar-refractivity contribution is -0.144. The number of likely N-dealkylation sites (N-methyl/N-ethyl adjacent to an activating group) is 1. The number of thiazole rings is 1. The number of likely N-dealkylation sites (tertiary alicyclic amines) is 1. The van der Waals surface area contributed by atoms with E-state index in [4.69, 9.17) is 10.5 Å². The molecule has 3 rings (SSSR count). The number of nitrogens with one attached hydrogen (secondary N) is 2. The van der Waals surface area contributed by atoms with Crippen molar-refractivity contribution in [1.29, 1.82) is 0 Å². The monoisotopic (exact) mass is 638 g/mol. The summed E-state index contributed by atoms with van der Waals surface area (Å²) in [5, 5.41) is 16.2. The minimum Gasteiger partial charge on any atom is -0.391 e. The number of rotatable bonds is 14. The highest BCUT2D eigenvalue weighted by molar-refractivity contribution is 7.13. The lowest BCUT2D eigenvalue weighted by Crippen LogP contribution is -2.57. The summed E-state index contributed by atoms with van der Waals surface area (Å²) < 4.78 is 5.39. The zero-order valence-electron chi connectivity index (χ0n) is 25.8. The summed E-state index contributed by atoms with van der Waals surface area (Å²) in [5.74, 6) is -0.962. The Hall–Kier alpha value is -2.61. The van der Waals surface area contributed by atoms with Gasteiger partial charge in [-0.05, 0) is 30.5 Å². The number of β-amino-alcohol motifs (C(OH)–C–C–N with tert-alkyl or cyclic N) is 1. The Morgan fingerprint density at radius 3 is 2.51 bits per heavy atom. The average molecular weight is 639 g/mol. The van der Waals surface area contributed by atoms with E-state index in [0.717, 1.165) is 21.7 Å². The van der Waals surface area contributed by atoms with Crippen LogP contribution in [-0.4, -0.2) is 102 Å². The third-order valence-corrected chi connectivity index (χ3v) is 8.29. The van der Waals surface area contributed by atoms with Gasteiger partial charge < -0.3 is 36.0 Å². The van der Waals surface area contributed by atoms with Crippen LogP contribution in [0.4, 0.5) is 0 Å². The van der Waals surface area contributed by atoms with Crippen LogP contribution in [0, 0.1) is 12.3 Å². The number of amides is 3. The molecule has 2 heterocycles. The molecule has 3 atom stereocenters. The van der Waals surface area contributed by atoms with E-state index in [1.54, 1.807) is 11.3 Å². The Kier molecular flexibility index (Phi) is 14.5. The third kappa shape index (κ3) is 10.8. The molecule has 0 saturated carbocycles. The maximum absolute atomic E-state index is 13.8. The number of aliphatic hydroxyl groups is 1. The van der Waals surface area contributed by atoms with Gasteiger partial charge in [-0.2, -0.15) is 0 Å². The van der Waals surface area contributed by atoms with Gasteiger partial charge in [0.15, 0.2) is 0 Å². The summed E-state index contributed by atoms with van der Waals surface area (Å²) >= 11 is 1.58. The van der Waals surface area contributed by atoms with Crippen LogP contribution in [0.15, 0.2) is 29.8 Å². The molecule has 13 heteroatoms. The molecular weight excluding hydrogens is 592 g/mol. The van der Waals surface area contributed by atoms with Gasteiger partial charge in [-0.1, -0.05) is 45.0 Å². The predicted molar refractivity (Wildman–Crippen MR) is 171 cm³/mol. The highest BCUT2D eigenvalue weighted by atomic mass is 35.5. The Bertz CT molecular complexity index is 1190. The van der Waals surface area contributed by atoms with Crippen LogP contribution >= 0.6 is 23.7 Å². The van der Waals surface area contributed by atoms with Gasteiger partial charge in [-0.25, -0.2) is 4.98 Å². The number of aryl methyl sites for hydroxylation is 1. The van der Waals surface area contributed by atoms with Crippen molar-refractivity contribution in [1.82, 2.24) is 25.4 Å². The number of ether oxygens (including phenoxy) is 1. The highest BCUT2D eigenvalue weighted by Gasteiger charge is 2.44. The lowest BCUT2D eigenvalue weighted by atomic mass is 9.85. The number of nitrogens with two attached hydrogens (primary N) is 1. The van der Waals surface area contributed by atoms with E-state index in [1.807, 2.05) is 69.4 Å². The van der Waals surface area contributed by atoms with Gasteiger partial charge in [0.1, 0.15) is 12.1 Å². The normalized spacial score (nSPS) is 17.4. The number of benzene rings is 1. The van der Waals surface area contributed by atoms with E-state index in [2.05, 4.69) is 15.6 Å². The Morgan fingerprint density at radius 1 is 1.21 bits per heavy atom. The maximum atomic E-state index is 13.8. The number of carbonyl (C=O) groups excluding carboxylic acids is 3. The Morgan fingerprint density at radius 2 is 1.91 bits per heavy atom. The van der Waals surface area contributed by atoms with E-state index >= 15 is 0 Å². The standard InChI is InChI=1S/C30H46N6O5S.ClH/c1-20-26(42-19-33-20)22-8-6-21(7-9-22)17-32-28(39)24-16-23(37)18-36(24)29(40)27(30(2,3)4)34-25(38)10-12-35(5)13-15-41-14-11-31;/h6-9,19,23-24,27,37H,10-18,31H2,1-5H3,(H,32,39)(H,34,38);1H/t23-,24+,27-;/m1./s1. The fourth-order valence-corrected chi connectivity index (χ4v) is 5.64. The van der Waals surface area contributed by atoms with E-state index in [0.29, 0.717) is 39.4 Å². The van der Waals surface area contributed by atoms with Crippen LogP contribution in [0.2, 0.25) is 0 Å². The van der Waals surface area contributed by atoms with Crippen molar-refractivity contribution in [3.8, 4) is 10.4 Å². The van der Waals surface area contributed by atoms with E-state index in [-0.39, 0.29) is 49.5 Å². The molecule has 1 fully saturated rings. The molecule has 0 radical (unpaired) electrons. The Balaban J connectivity index is 0.00000645. The van der Waals surface area contributed by atoms with Crippen molar-refractivity contribution in [3.05, 3.63) is 41.0 Å². The van der Waals surface area contributed by atoms with Crippen LogP contribution in [-0.2, 0) is 25.7 Å². The van der Waals surface area contributed by atoms with Gasteiger partial charge in [-0.3, -0.25) is 14.4 Å². The number of hydrogen-bond donors (Lipinski definition) is 4. The van der Waals surface area contributed by atoms with Crippen molar-refractivity contribution in [2.24, 2.45) is 11.1 Å². The molecule has 0 bridgehead atoms. The number of aliphatic hydroxyl groups excluding tert-OH is 1. The van der Waals surface area contributed by atoms with Crippen molar-refractivity contribution in [2.45, 2.75) is 65.3 Å². The average Bonchev–Trinajstić information content (AvgIpc) is 3.56. The van der Waals surface area contributed by atoms with Gasteiger partial charge in [0, 0.05) is 45.6 Å². The molecule has 11 nitrogen and oxygen atoms in total. The Labute approximate surface area is 265 Å². The molecule has 1 aromatic carbocycles. The maximum Gasteiger partial charge on any atom is 0.246 e. The summed E-state index contributed by atoms with van der Waals surface area (Å²) in [5.41, 5.74) is 9.60. The molecule has 1 aliphatic rings. The molecule has 1 saturated heterocycles. The molecule has 1 aromatic heterocycles. The van der Waals surface area contributed by atoms with Gasteiger partial charge in [0.05, 0.1) is 35.4 Å². The SMILES string of the molecule is Cc1ncsc1-c1ccc(CNC(=O)[C@@H]2C[C@@H](O)CN2C(=O)[C@@H](NC(=O)CCN(C)CCOCCN)C(C)(C)C)cc1.Cl. The van der Waals surface area contributed by atoms with Crippen molar-refractivity contribution in [2.75, 3.05) is 46.4 Å². The first kappa shape index (κ1) is 36.6. The fraction of sp³-hybridized carbons (Fsp3) is 0.600. The van der Waals surface area contributed by atoms with E-state index in [9.17, 15) is 19.5 Å². The van der Waals surface area contributed by atoms with Crippen LogP contribution in [0.5, 0.6) is 0 Å². The van der Waals surface area contributed by atoms with E-state index in [1.165, 1.54) is 4.90 Å². The minimum atomic E-state index is -0.855. The van der Waals surface area contributed by atoms with Crippen LogP contribution in [0.1, 0.15) is 44.9 Å². The van der Waals surface area contributed by atoms with Gasteiger partial charge >= 0.3 is 0 Å². The van der Waals surface area contributed by atoms with Crippen molar-refractivity contribution < 1.29 is 24.2 Å². The van der Waals surface area contributed by atoms with Crippen LogP contribution in [0.3, 0.4) is 0 Å². The highest BCUT2D eigenvalue weighted by Crippen LogP contribution is 2.28. The molecule has 0 aliphatic carbocycles. The van der Waals surface area contributed by atoms with Crippen LogP contribution in [0.25, 0.3) is 10.4 Å². The second-order valence-corrected chi connectivity index (χ2v) is 12.8. The smallest absolute Gasteiger partial charge is 0.246 e. The molecule has 43 heavy (non-hydrogen) atoms. The molecule has 3 amide bonds. The summed E-state index contributed by atoms with van der Waals surface area (Å²) in [6.07, 6.45) is -0.470. The molecule has 5 N–H and O–H groups in total. The third-order valence-electron chi connectivity index (χ3n) is 7.31. The van der Waals surface area contributed by atoms with Gasteiger partial charge in [-0.15, -0.1) is 23.7 Å². The topological polar surface area (TPSA) is 150 Å². The second kappa shape index (κ2) is 17.0. The summed E-state index contributed by atoms with van der Waals surface area (Å²) in [7, 11) is 1.90. The zero-order valence-corrected chi connectivity index (χ0v) is 27.4. The molecule has 0 unspecified atom stereocenters. The number of halogens is 1. The van der Waals surface area contributed by atoms with Crippen LogP contribution < -0.4 is 16.4 Å². The summed E-state index contributed by atoms with van der Waals surface area (Å²) in [6.45, 7) is 10.6. The van der Waals surface area contributed by atoms with Gasteiger partial charge in [0.25, 0.3) is 0 Å². The fourth-order valence-electron chi connectivity index (χ4n) is 4.82. The van der Waals surface area contributed by atoms with Crippen molar-refractivity contribution in [3.63, 3.8) is 0 Å². The minimum absolute atomic E-state index is 0. The largest absolute Gasteiger partial charge is 0.391 e. The number of aromatic nitrogens is 1. The first-order valence-corrected chi connectivity index (χ1v) is 15.3. The summed E-state index contributed by atoms with van der Waals surface area (Å²) in [4.78, 5) is 48.7.